The summed E-state index contributed by atoms with van der Waals surface area (Å²) in [6, 6.07) is 16.1. The van der Waals surface area contributed by atoms with Crippen LogP contribution in [-0.2, 0) is 10.0 Å². The SMILES string of the molecule is O=C(c1cc(C2CC2)nc2ccccc12)N1CCN(S(=O)(=O)c2ccccc2Cl)CC1. The van der Waals surface area contributed by atoms with Crippen LogP contribution in [0.15, 0.2) is 59.5 Å². The second kappa shape index (κ2) is 7.89. The minimum atomic E-state index is -3.70. The van der Waals surface area contributed by atoms with Crippen LogP contribution in [0, 0.1) is 0 Å². The van der Waals surface area contributed by atoms with Crippen LogP contribution in [0.1, 0.15) is 34.8 Å². The molecule has 0 bridgehead atoms. The van der Waals surface area contributed by atoms with Gasteiger partial charge < -0.3 is 4.90 Å². The number of piperazine rings is 1. The van der Waals surface area contributed by atoms with Crippen molar-refractivity contribution in [3.8, 4) is 0 Å². The summed E-state index contributed by atoms with van der Waals surface area (Å²) >= 11 is 6.11. The lowest BCUT2D eigenvalue weighted by Crippen LogP contribution is -2.50. The van der Waals surface area contributed by atoms with Gasteiger partial charge in [-0.3, -0.25) is 9.78 Å². The molecule has 31 heavy (non-hydrogen) atoms. The van der Waals surface area contributed by atoms with Gasteiger partial charge in [-0.05, 0) is 37.1 Å². The molecule has 0 unspecified atom stereocenters. The van der Waals surface area contributed by atoms with E-state index in [1.807, 2.05) is 30.3 Å². The second-order valence-electron chi connectivity index (χ2n) is 8.01. The van der Waals surface area contributed by atoms with Gasteiger partial charge >= 0.3 is 0 Å². The summed E-state index contributed by atoms with van der Waals surface area (Å²) in [4.78, 5) is 20.0. The molecule has 1 aliphatic carbocycles. The van der Waals surface area contributed by atoms with Crippen LogP contribution in [0.5, 0.6) is 0 Å². The van der Waals surface area contributed by atoms with Gasteiger partial charge in [0, 0.05) is 43.2 Å². The van der Waals surface area contributed by atoms with E-state index >= 15 is 0 Å². The van der Waals surface area contributed by atoms with Gasteiger partial charge in [0.05, 0.1) is 16.1 Å². The number of hydrogen-bond acceptors (Lipinski definition) is 4. The minimum absolute atomic E-state index is 0.0738. The van der Waals surface area contributed by atoms with Crippen molar-refractivity contribution in [2.45, 2.75) is 23.7 Å². The first-order valence-electron chi connectivity index (χ1n) is 10.4. The third kappa shape index (κ3) is 3.82. The molecule has 8 heteroatoms. The molecule has 2 aliphatic rings. The number of hydrogen-bond donors (Lipinski definition) is 0. The average Bonchev–Trinajstić information content (AvgIpc) is 3.64. The molecule has 0 radical (unpaired) electrons. The summed E-state index contributed by atoms with van der Waals surface area (Å²) in [6.45, 7) is 1.13. The largest absolute Gasteiger partial charge is 0.336 e. The van der Waals surface area contributed by atoms with E-state index in [0.717, 1.165) is 29.4 Å². The molecule has 2 fully saturated rings. The molecule has 0 spiro atoms. The molecule has 2 aromatic carbocycles. The summed E-state index contributed by atoms with van der Waals surface area (Å²) in [5.74, 6) is 0.365. The lowest BCUT2D eigenvalue weighted by Gasteiger charge is -2.34. The Morgan fingerprint density at radius 2 is 1.65 bits per heavy atom. The molecule has 3 aromatic rings. The molecule has 1 aromatic heterocycles. The van der Waals surface area contributed by atoms with E-state index in [1.54, 1.807) is 23.1 Å². The molecule has 6 nitrogen and oxygen atoms in total. The number of halogens is 1. The van der Waals surface area contributed by atoms with E-state index in [-0.39, 0.29) is 28.9 Å². The second-order valence-corrected chi connectivity index (χ2v) is 10.3. The topological polar surface area (TPSA) is 70.6 Å². The fourth-order valence-electron chi connectivity index (χ4n) is 4.06. The number of amides is 1. The number of para-hydroxylation sites is 1. The molecule has 2 heterocycles. The molecular weight excluding hydrogens is 434 g/mol. The zero-order valence-corrected chi connectivity index (χ0v) is 18.4. The van der Waals surface area contributed by atoms with Crippen LogP contribution in [0.3, 0.4) is 0 Å². The molecule has 0 atom stereocenters. The Kier molecular flexibility index (Phi) is 5.20. The first-order chi connectivity index (χ1) is 14.9. The van der Waals surface area contributed by atoms with Crippen LogP contribution in [0.4, 0.5) is 0 Å². The molecule has 5 rings (SSSR count). The zero-order chi connectivity index (χ0) is 21.6. The number of fused-ring (bicyclic) bond motifs is 1. The number of carbonyl (C=O) groups is 1. The van der Waals surface area contributed by atoms with E-state index in [0.29, 0.717) is 24.6 Å². The maximum atomic E-state index is 13.4. The summed E-state index contributed by atoms with van der Waals surface area (Å²) in [5.41, 5.74) is 2.45. The van der Waals surface area contributed by atoms with Crippen LogP contribution >= 0.6 is 11.6 Å². The Labute approximate surface area is 186 Å². The van der Waals surface area contributed by atoms with Gasteiger partial charge in [-0.1, -0.05) is 41.9 Å². The van der Waals surface area contributed by atoms with Crippen LogP contribution in [0.2, 0.25) is 5.02 Å². The Balaban J connectivity index is 1.38. The molecule has 1 amide bonds. The van der Waals surface area contributed by atoms with Crippen molar-refractivity contribution in [2.75, 3.05) is 26.2 Å². The number of benzene rings is 2. The normalized spacial score (nSPS) is 17.8. The van der Waals surface area contributed by atoms with Crippen molar-refractivity contribution in [2.24, 2.45) is 0 Å². The van der Waals surface area contributed by atoms with Gasteiger partial charge in [0.25, 0.3) is 5.91 Å². The highest BCUT2D eigenvalue weighted by Crippen LogP contribution is 2.40. The van der Waals surface area contributed by atoms with Gasteiger partial charge in [0.2, 0.25) is 10.0 Å². The first-order valence-corrected chi connectivity index (χ1v) is 12.2. The Bertz CT molecular complexity index is 1270. The van der Waals surface area contributed by atoms with Crippen molar-refractivity contribution >= 4 is 38.4 Å². The molecule has 160 valence electrons. The van der Waals surface area contributed by atoms with E-state index in [2.05, 4.69) is 0 Å². The van der Waals surface area contributed by atoms with Gasteiger partial charge in [-0.2, -0.15) is 4.31 Å². The lowest BCUT2D eigenvalue weighted by atomic mass is 10.0. The van der Waals surface area contributed by atoms with Crippen LogP contribution < -0.4 is 0 Å². The van der Waals surface area contributed by atoms with E-state index in [1.165, 1.54) is 10.4 Å². The fraction of sp³-hybridized carbons (Fsp3) is 0.304. The lowest BCUT2D eigenvalue weighted by molar-refractivity contribution is 0.0699. The third-order valence-electron chi connectivity index (χ3n) is 5.94. The summed E-state index contributed by atoms with van der Waals surface area (Å²) in [6.07, 6.45) is 2.22. The number of sulfonamides is 1. The van der Waals surface area contributed by atoms with Crippen LogP contribution in [0.25, 0.3) is 10.9 Å². The smallest absolute Gasteiger partial charge is 0.254 e. The van der Waals surface area contributed by atoms with Crippen molar-refractivity contribution in [3.05, 3.63) is 70.9 Å². The van der Waals surface area contributed by atoms with Crippen LogP contribution in [-0.4, -0.2) is 54.7 Å². The number of rotatable bonds is 4. The Morgan fingerprint density at radius 3 is 2.35 bits per heavy atom. The van der Waals surface area contributed by atoms with Gasteiger partial charge in [0.1, 0.15) is 4.90 Å². The highest BCUT2D eigenvalue weighted by Gasteiger charge is 2.33. The molecule has 0 N–H and O–H groups in total. The van der Waals surface area contributed by atoms with Gasteiger partial charge in [0.15, 0.2) is 0 Å². The summed E-state index contributed by atoms with van der Waals surface area (Å²) in [7, 11) is -3.70. The maximum Gasteiger partial charge on any atom is 0.254 e. The first kappa shape index (κ1) is 20.4. The Hall–Kier alpha value is -2.48. The minimum Gasteiger partial charge on any atom is -0.336 e. The van der Waals surface area contributed by atoms with Crippen molar-refractivity contribution in [1.29, 1.82) is 0 Å². The molecule has 1 saturated heterocycles. The Morgan fingerprint density at radius 1 is 0.968 bits per heavy atom. The fourth-order valence-corrected chi connectivity index (χ4v) is 5.97. The van der Waals surface area contributed by atoms with E-state index < -0.39 is 10.0 Å². The summed E-state index contributed by atoms with van der Waals surface area (Å²) < 4.78 is 27.4. The molecular formula is C23H22ClN3O3S. The average molecular weight is 456 g/mol. The quantitative estimate of drug-likeness (QED) is 0.598. The molecule has 1 aliphatic heterocycles. The zero-order valence-electron chi connectivity index (χ0n) is 16.9. The molecule has 1 saturated carbocycles. The third-order valence-corrected chi connectivity index (χ3v) is 8.34. The van der Waals surface area contributed by atoms with E-state index in [4.69, 9.17) is 16.6 Å². The summed E-state index contributed by atoms with van der Waals surface area (Å²) in [5, 5.41) is 1.04. The number of aromatic nitrogens is 1. The number of nitrogens with zero attached hydrogens (tertiary/aromatic N) is 3. The number of carbonyl (C=O) groups excluding carboxylic acids is 1. The van der Waals surface area contributed by atoms with Crippen molar-refractivity contribution in [3.63, 3.8) is 0 Å². The predicted octanol–water partition coefficient (Wildman–Crippen LogP) is 3.91. The highest BCUT2D eigenvalue weighted by atomic mass is 35.5. The van der Waals surface area contributed by atoms with Gasteiger partial charge in [-0.25, -0.2) is 8.42 Å². The highest BCUT2D eigenvalue weighted by molar-refractivity contribution is 7.89. The number of pyridine rings is 1. The predicted molar refractivity (Wildman–Crippen MR) is 120 cm³/mol. The standard InChI is InChI=1S/C23H22ClN3O3S/c24-19-6-2-4-8-22(19)31(29,30)27-13-11-26(12-14-27)23(28)18-15-21(16-9-10-16)25-20-7-3-1-5-17(18)20/h1-8,15-16H,9-14H2. The van der Waals surface area contributed by atoms with E-state index in [9.17, 15) is 13.2 Å². The van der Waals surface area contributed by atoms with Gasteiger partial charge in [-0.15, -0.1) is 0 Å². The van der Waals surface area contributed by atoms with Crippen molar-refractivity contribution < 1.29 is 13.2 Å². The monoisotopic (exact) mass is 455 g/mol. The maximum absolute atomic E-state index is 13.4. The van der Waals surface area contributed by atoms with Crippen molar-refractivity contribution in [1.82, 2.24) is 14.2 Å².